The van der Waals surface area contributed by atoms with E-state index in [0.717, 1.165) is 45.2 Å². The van der Waals surface area contributed by atoms with Crippen LogP contribution in [0.3, 0.4) is 0 Å². The zero-order valence-electron chi connectivity index (χ0n) is 23.9. The van der Waals surface area contributed by atoms with Gasteiger partial charge < -0.3 is 19.9 Å². The number of fused-ring (bicyclic) bond motifs is 2. The molecule has 11 heteroatoms. The maximum Gasteiger partial charge on any atom is 0.258 e. The Bertz CT molecular complexity index is 2180. The number of halogens is 3. The average molecular weight is 641 g/mol. The largest absolute Gasteiger partial charge is 0.441 e. The molecule has 4 aromatic carbocycles. The molecular weight excluding hydrogens is 616 g/mol. The Morgan fingerprint density at radius 1 is 0.778 bits per heavy atom. The first-order valence-electron chi connectivity index (χ1n) is 13.6. The van der Waals surface area contributed by atoms with Gasteiger partial charge in [-0.25, -0.2) is 14.4 Å². The van der Waals surface area contributed by atoms with Crippen LogP contribution in [0.4, 0.5) is 15.8 Å². The van der Waals surface area contributed by atoms with E-state index >= 15 is 0 Å². The van der Waals surface area contributed by atoms with E-state index in [0.29, 0.717) is 38.6 Å². The second-order valence-corrected chi connectivity index (χ2v) is 10.9. The highest BCUT2D eigenvalue weighted by Crippen LogP contribution is 2.34. The molecule has 0 atom stereocenters. The fraction of sp³-hybridized carbons (Fsp3) is 0.0588. The Kier molecular flexibility index (Phi) is 8.21. The minimum Gasteiger partial charge on any atom is -0.441 e. The van der Waals surface area contributed by atoms with Crippen molar-refractivity contribution in [3.8, 4) is 22.3 Å². The summed E-state index contributed by atoms with van der Waals surface area (Å²) in [6, 6.07) is 23.3. The highest BCUT2D eigenvalue weighted by molar-refractivity contribution is 6.34. The van der Waals surface area contributed by atoms with E-state index in [2.05, 4.69) is 20.3 Å². The smallest absolute Gasteiger partial charge is 0.258 e. The summed E-state index contributed by atoms with van der Waals surface area (Å²) in [6.45, 7) is 3.59. The summed E-state index contributed by atoms with van der Waals surface area (Å²) in [5.74, 6) is -0.0107. The van der Waals surface area contributed by atoms with Gasteiger partial charge in [-0.3, -0.25) is 9.78 Å². The van der Waals surface area contributed by atoms with Gasteiger partial charge in [-0.05, 0) is 65.7 Å². The molecule has 0 unspecified atom stereocenters. The molecular formula is C34H24Cl2FN5O3. The van der Waals surface area contributed by atoms with Crippen molar-refractivity contribution < 1.29 is 18.0 Å². The number of nitrogen functional groups attached to an aromatic ring is 1. The van der Waals surface area contributed by atoms with Crippen LogP contribution in [0.25, 0.3) is 44.5 Å². The number of nitrogens with zero attached hydrogens (tertiary/aromatic N) is 3. The summed E-state index contributed by atoms with van der Waals surface area (Å²) in [5.41, 5.74) is 13.3. The lowest BCUT2D eigenvalue weighted by molar-refractivity contribution is 0.102. The summed E-state index contributed by atoms with van der Waals surface area (Å²) in [6.07, 6.45) is 2.37. The quantitative estimate of drug-likeness (QED) is 0.184. The molecule has 0 spiro atoms. The summed E-state index contributed by atoms with van der Waals surface area (Å²) in [4.78, 5) is 24.3. The fourth-order valence-corrected chi connectivity index (χ4v) is 5.26. The maximum absolute atomic E-state index is 13.7. The van der Waals surface area contributed by atoms with E-state index in [4.69, 9.17) is 37.8 Å². The number of amides is 1. The predicted molar refractivity (Wildman–Crippen MR) is 175 cm³/mol. The number of nitrogens with one attached hydrogen (secondary N) is 1. The molecule has 0 saturated heterocycles. The second kappa shape index (κ2) is 12.4. The van der Waals surface area contributed by atoms with Crippen molar-refractivity contribution in [3.63, 3.8) is 0 Å². The van der Waals surface area contributed by atoms with Crippen molar-refractivity contribution in [2.75, 3.05) is 11.1 Å². The Balaban J connectivity index is 0.000000172. The molecule has 8 nitrogen and oxygen atoms in total. The number of rotatable bonds is 4. The first-order valence-corrected chi connectivity index (χ1v) is 14.4. The van der Waals surface area contributed by atoms with Crippen molar-refractivity contribution in [1.82, 2.24) is 15.0 Å². The van der Waals surface area contributed by atoms with E-state index in [1.54, 1.807) is 25.1 Å². The highest BCUT2D eigenvalue weighted by Gasteiger charge is 2.14. The van der Waals surface area contributed by atoms with Crippen molar-refractivity contribution in [1.29, 1.82) is 0 Å². The molecule has 3 aromatic heterocycles. The number of nitrogens with two attached hydrogens (primary N) is 1. The molecule has 0 bridgehead atoms. The summed E-state index contributed by atoms with van der Waals surface area (Å²) in [5, 5.41) is 3.86. The van der Waals surface area contributed by atoms with Crippen LogP contribution >= 0.6 is 23.2 Å². The van der Waals surface area contributed by atoms with Gasteiger partial charge in [0.1, 0.15) is 11.0 Å². The molecule has 45 heavy (non-hydrogen) atoms. The molecule has 0 aliphatic heterocycles. The Labute approximate surface area is 266 Å². The minimum absolute atomic E-state index is 0.0664. The zero-order valence-corrected chi connectivity index (χ0v) is 25.4. The number of carbonyl (C=O) groups is 1. The van der Waals surface area contributed by atoms with Crippen LogP contribution in [0.2, 0.25) is 10.0 Å². The number of aryl methyl sites for hydroxylation is 2. The molecule has 0 radical (unpaired) electrons. The SMILES string of the molecule is Cc1nc2cc(Cl)c(-c3ccc(N)cc3)cc2o1.Cc1nc2cc(Cl)c(-c3ccc(NC(=O)c4ccncc4F)cc3)cc2o1. The van der Waals surface area contributed by atoms with E-state index in [-0.39, 0.29) is 5.56 Å². The molecule has 0 saturated carbocycles. The van der Waals surface area contributed by atoms with E-state index in [1.165, 1.54) is 12.3 Å². The lowest BCUT2D eigenvalue weighted by Gasteiger charge is -2.08. The number of pyridine rings is 1. The van der Waals surface area contributed by atoms with Gasteiger partial charge in [-0.15, -0.1) is 0 Å². The zero-order chi connectivity index (χ0) is 31.7. The lowest BCUT2D eigenvalue weighted by atomic mass is 10.0. The number of oxazole rings is 2. The van der Waals surface area contributed by atoms with Crippen molar-refractivity contribution in [2.24, 2.45) is 0 Å². The third-order valence-corrected chi connectivity index (χ3v) is 7.49. The first kappa shape index (κ1) is 29.8. The van der Waals surface area contributed by atoms with Crippen LogP contribution in [0.15, 0.2) is 100 Å². The lowest BCUT2D eigenvalue weighted by Crippen LogP contribution is -2.13. The number of carbonyl (C=O) groups excluding carboxylic acids is 1. The molecule has 7 aromatic rings. The highest BCUT2D eigenvalue weighted by atomic mass is 35.5. The Morgan fingerprint density at radius 3 is 1.80 bits per heavy atom. The van der Waals surface area contributed by atoms with Crippen LogP contribution in [-0.4, -0.2) is 20.9 Å². The maximum atomic E-state index is 13.7. The van der Waals surface area contributed by atoms with Gasteiger partial charge in [0, 0.05) is 42.5 Å². The van der Waals surface area contributed by atoms with Crippen molar-refractivity contribution >= 4 is 62.7 Å². The second-order valence-electron chi connectivity index (χ2n) is 10.1. The van der Waals surface area contributed by atoms with E-state index < -0.39 is 11.7 Å². The third kappa shape index (κ3) is 6.50. The van der Waals surface area contributed by atoms with Gasteiger partial charge in [0.15, 0.2) is 28.8 Å². The molecule has 3 heterocycles. The number of hydrogen-bond donors (Lipinski definition) is 2. The van der Waals surface area contributed by atoms with E-state index in [1.807, 2.05) is 61.5 Å². The Hall–Kier alpha value is -5.25. The standard InChI is InChI=1S/C20H13ClFN3O2.C14H11ClN2O/c1-11-24-18-9-16(21)15(8-19(18)27-11)12-2-4-13(5-3-12)25-20(26)14-6-7-23-10-17(14)22;1-8-17-13-7-12(15)11(6-14(13)18-8)9-2-4-10(16)5-3-9/h2-10H,1H3,(H,25,26);2-7H,16H2,1H3. The molecule has 0 aliphatic rings. The monoisotopic (exact) mass is 639 g/mol. The molecule has 0 fully saturated rings. The van der Waals surface area contributed by atoms with Crippen LogP contribution in [0.1, 0.15) is 22.1 Å². The van der Waals surface area contributed by atoms with Gasteiger partial charge in [-0.1, -0.05) is 47.5 Å². The summed E-state index contributed by atoms with van der Waals surface area (Å²) >= 11 is 12.6. The van der Waals surface area contributed by atoms with Gasteiger partial charge >= 0.3 is 0 Å². The van der Waals surface area contributed by atoms with Crippen LogP contribution < -0.4 is 11.1 Å². The Morgan fingerprint density at radius 2 is 1.29 bits per heavy atom. The van der Waals surface area contributed by atoms with Crippen molar-refractivity contribution in [3.05, 3.63) is 124 Å². The normalized spacial score (nSPS) is 11.0. The number of hydrogen-bond acceptors (Lipinski definition) is 7. The molecule has 0 aliphatic carbocycles. The number of benzene rings is 4. The predicted octanol–water partition coefficient (Wildman–Crippen LogP) is 9.28. The third-order valence-electron chi connectivity index (χ3n) is 6.86. The molecule has 1 amide bonds. The molecule has 224 valence electrons. The van der Waals surface area contributed by atoms with E-state index in [9.17, 15) is 9.18 Å². The van der Waals surface area contributed by atoms with Gasteiger partial charge in [0.25, 0.3) is 5.91 Å². The van der Waals surface area contributed by atoms with Crippen molar-refractivity contribution in [2.45, 2.75) is 13.8 Å². The molecule has 7 rings (SSSR count). The number of anilines is 2. The van der Waals surface area contributed by atoms with Crippen LogP contribution in [0.5, 0.6) is 0 Å². The topological polar surface area (TPSA) is 120 Å². The van der Waals surface area contributed by atoms with Crippen LogP contribution in [-0.2, 0) is 0 Å². The minimum atomic E-state index is -0.672. The van der Waals surface area contributed by atoms with Gasteiger partial charge in [0.2, 0.25) is 0 Å². The first-order chi connectivity index (χ1) is 21.6. The fourth-order valence-electron chi connectivity index (χ4n) is 4.72. The van der Waals surface area contributed by atoms with Gasteiger partial charge in [-0.2, -0.15) is 0 Å². The van der Waals surface area contributed by atoms with Gasteiger partial charge in [0.05, 0.1) is 21.8 Å². The summed E-state index contributed by atoms with van der Waals surface area (Å²) in [7, 11) is 0. The number of aromatic nitrogens is 3. The average Bonchev–Trinajstić information content (AvgIpc) is 3.57. The van der Waals surface area contributed by atoms with Crippen LogP contribution in [0, 0.1) is 19.7 Å². The molecule has 3 N–H and O–H groups in total. The summed E-state index contributed by atoms with van der Waals surface area (Å²) < 4.78 is 24.7.